The summed E-state index contributed by atoms with van der Waals surface area (Å²) in [6.45, 7) is 0. The Morgan fingerprint density at radius 1 is 1.36 bits per heavy atom. The van der Waals surface area contributed by atoms with E-state index in [-0.39, 0.29) is 23.9 Å². The molecule has 1 fully saturated rings. The van der Waals surface area contributed by atoms with Crippen LogP contribution in [0.5, 0.6) is 0 Å². The Morgan fingerprint density at radius 2 is 2.05 bits per heavy atom. The largest absolute Gasteiger partial charge is 0.388 e. The number of benzene rings is 1. The molecule has 1 aliphatic rings. The number of hydrogen-bond donors (Lipinski definition) is 1. The van der Waals surface area contributed by atoms with Gasteiger partial charge in [-0.05, 0) is 43.4 Å². The van der Waals surface area contributed by atoms with E-state index in [1.165, 1.54) is 12.1 Å². The average Bonchev–Trinajstić information content (AvgIpc) is 2.53. The van der Waals surface area contributed by atoms with Crippen LogP contribution in [-0.2, 0) is 16.0 Å². The van der Waals surface area contributed by atoms with Gasteiger partial charge in [-0.25, -0.2) is 4.39 Å². The van der Waals surface area contributed by atoms with Gasteiger partial charge in [0.25, 0.3) is 0 Å². The smallest absolute Gasteiger partial charge is 0.222 e. The SMILES string of the molecule is CO[C@@H]1CCC[C@@H](N(C)C(=O)CCc2ccc(F)cc2)[C@H]1O. The number of carbonyl (C=O) groups excluding carboxylic acids is 1. The van der Waals surface area contributed by atoms with Gasteiger partial charge in [-0.15, -0.1) is 0 Å². The molecule has 0 unspecified atom stereocenters. The number of methoxy groups -OCH3 is 1. The van der Waals surface area contributed by atoms with Crippen LogP contribution < -0.4 is 0 Å². The third kappa shape index (κ3) is 4.05. The second kappa shape index (κ2) is 7.70. The molecule has 0 heterocycles. The monoisotopic (exact) mass is 309 g/mol. The number of hydrogen-bond acceptors (Lipinski definition) is 3. The molecule has 2 rings (SSSR count). The van der Waals surface area contributed by atoms with Gasteiger partial charge >= 0.3 is 0 Å². The third-order valence-electron chi connectivity index (χ3n) is 4.50. The summed E-state index contributed by atoms with van der Waals surface area (Å²) >= 11 is 0. The molecule has 5 heteroatoms. The van der Waals surface area contributed by atoms with E-state index in [0.29, 0.717) is 12.8 Å². The molecular weight excluding hydrogens is 285 g/mol. The van der Waals surface area contributed by atoms with Crippen molar-refractivity contribution >= 4 is 5.91 Å². The lowest BCUT2D eigenvalue weighted by Crippen LogP contribution is -2.52. The summed E-state index contributed by atoms with van der Waals surface area (Å²) in [5.74, 6) is -0.284. The van der Waals surface area contributed by atoms with Crippen LogP contribution in [0.25, 0.3) is 0 Å². The molecule has 1 saturated carbocycles. The molecule has 0 bridgehead atoms. The van der Waals surface area contributed by atoms with E-state index in [1.807, 2.05) is 0 Å². The van der Waals surface area contributed by atoms with Crippen molar-refractivity contribution in [2.45, 2.75) is 50.4 Å². The van der Waals surface area contributed by atoms with E-state index in [9.17, 15) is 14.3 Å². The zero-order valence-electron chi connectivity index (χ0n) is 13.2. The van der Waals surface area contributed by atoms with Gasteiger partial charge in [0.1, 0.15) is 11.9 Å². The molecule has 122 valence electrons. The first kappa shape index (κ1) is 16.9. The lowest BCUT2D eigenvalue weighted by molar-refractivity contribution is -0.140. The highest BCUT2D eigenvalue weighted by Gasteiger charge is 2.35. The second-order valence-corrected chi connectivity index (χ2v) is 5.89. The number of likely N-dealkylation sites (N-methyl/N-ethyl adjacent to an activating group) is 1. The Kier molecular flexibility index (Phi) is 5.91. The maximum Gasteiger partial charge on any atom is 0.222 e. The van der Waals surface area contributed by atoms with Crippen LogP contribution in [0.2, 0.25) is 0 Å². The minimum Gasteiger partial charge on any atom is -0.388 e. The van der Waals surface area contributed by atoms with Crippen molar-refractivity contribution in [2.24, 2.45) is 0 Å². The molecule has 0 saturated heterocycles. The summed E-state index contributed by atoms with van der Waals surface area (Å²) in [7, 11) is 3.32. The molecule has 1 N–H and O–H groups in total. The summed E-state index contributed by atoms with van der Waals surface area (Å²) in [5.41, 5.74) is 0.933. The van der Waals surface area contributed by atoms with Crippen molar-refractivity contribution in [1.29, 1.82) is 0 Å². The number of nitrogens with zero attached hydrogens (tertiary/aromatic N) is 1. The predicted octanol–water partition coefficient (Wildman–Crippen LogP) is 2.15. The molecule has 0 aromatic heterocycles. The number of rotatable bonds is 5. The van der Waals surface area contributed by atoms with Gasteiger partial charge in [-0.3, -0.25) is 4.79 Å². The van der Waals surface area contributed by atoms with Crippen molar-refractivity contribution in [3.8, 4) is 0 Å². The zero-order chi connectivity index (χ0) is 16.1. The number of amides is 1. The maximum atomic E-state index is 12.9. The van der Waals surface area contributed by atoms with Crippen LogP contribution in [0.4, 0.5) is 4.39 Å². The first-order valence-electron chi connectivity index (χ1n) is 7.74. The van der Waals surface area contributed by atoms with E-state index >= 15 is 0 Å². The molecule has 4 nitrogen and oxygen atoms in total. The number of ether oxygens (including phenoxy) is 1. The topological polar surface area (TPSA) is 49.8 Å². The minimum atomic E-state index is -0.640. The van der Waals surface area contributed by atoms with Crippen LogP contribution in [0.15, 0.2) is 24.3 Å². The van der Waals surface area contributed by atoms with Crippen LogP contribution in [-0.4, -0.2) is 48.3 Å². The molecule has 1 aromatic rings. The Bertz CT molecular complexity index is 491. The number of aliphatic hydroxyl groups excluding tert-OH is 1. The average molecular weight is 309 g/mol. The van der Waals surface area contributed by atoms with Gasteiger partial charge < -0.3 is 14.7 Å². The highest BCUT2D eigenvalue weighted by atomic mass is 19.1. The summed E-state index contributed by atoms with van der Waals surface area (Å²) in [6.07, 6.45) is 2.63. The zero-order valence-corrected chi connectivity index (χ0v) is 13.2. The van der Waals surface area contributed by atoms with Crippen LogP contribution in [0.3, 0.4) is 0 Å². The van der Waals surface area contributed by atoms with E-state index in [1.54, 1.807) is 31.2 Å². The lowest BCUT2D eigenvalue weighted by Gasteiger charge is -2.39. The van der Waals surface area contributed by atoms with E-state index in [2.05, 4.69) is 0 Å². The molecule has 1 amide bonds. The third-order valence-corrected chi connectivity index (χ3v) is 4.50. The number of aryl methyl sites for hydroxylation is 1. The lowest BCUT2D eigenvalue weighted by atomic mass is 9.89. The van der Waals surface area contributed by atoms with Gasteiger partial charge in [-0.1, -0.05) is 12.1 Å². The van der Waals surface area contributed by atoms with Crippen LogP contribution >= 0.6 is 0 Å². The maximum absolute atomic E-state index is 12.9. The van der Waals surface area contributed by atoms with Gasteiger partial charge in [-0.2, -0.15) is 0 Å². The van der Waals surface area contributed by atoms with Gasteiger partial charge in [0.2, 0.25) is 5.91 Å². The Hall–Kier alpha value is -1.46. The van der Waals surface area contributed by atoms with Crippen LogP contribution in [0, 0.1) is 5.82 Å². The molecule has 0 radical (unpaired) electrons. The van der Waals surface area contributed by atoms with Gasteiger partial charge in [0.15, 0.2) is 0 Å². The van der Waals surface area contributed by atoms with Gasteiger partial charge in [0.05, 0.1) is 12.1 Å². The molecule has 22 heavy (non-hydrogen) atoms. The fraction of sp³-hybridized carbons (Fsp3) is 0.588. The first-order chi connectivity index (χ1) is 10.5. The number of halogens is 1. The summed E-state index contributed by atoms with van der Waals surface area (Å²) in [5, 5.41) is 10.3. The predicted molar refractivity (Wildman–Crippen MR) is 81.9 cm³/mol. The van der Waals surface area contributed by atoms with Crippen LogP contribution in [0.1, 0.15) is 31.2 Å². The standard InChI is InChI=1S/C17H24FNO3/c1-19(14-4-3-5-15(22-2)17(14)21)16(20)11-8-12-6-9-13(18)10-7-12/h6-7,9-10,14-15,17,21H,3-5,8,11H2,1-2H3/t14-,15-,17-/m1/s1. The number of aliphatic hydroxyl groups is 1. The van der Waals surface area contributed by atoms with Crippen molar-refractivity contribution in [1.82, 2.24) is 4.90 Å². The Morgan fingerprint density at radius 3 is 2.68 bits per heavy atom. The molecular formula is C17H24FNO3. The summed E-state index contributed by atoms with van der Waals surface area (Å²) < 4.78 is 18.1. The molecule has 0 spiro atoms. The number of carbonyl (C=O) groups is 1. The fourth-order valence-corrected chi connectivity index (χ4v) is 3.06. The van der Waals surface area contributed by atoms with Crippen molar-refractivity contribution in [3.63, 3.8) is 0 Å². The quantitative estimate of drug-likeness (QED) is 0.906. The highest BCUT2D eigenvalue weighted by Crippen LogP contribution is 2.25. The van der Waals surface area contributed by atoms with E-state index in [4.69, 9.17) is 4.74 Å². The van der Waals surface area contributed by atoms with E-state index in [0.717, 1.165) is 24.8 Å². The minimum absolute atomic E-state index is 0.00914. The summed E-state index contributed by atoms with van der Waals surface area (Å²) in [6, 6.07) is 5.99. The van der Waals surface area contributed by atoms with Gasteiger partial charge in [0, 0.05) is 20.6 Å². The normalized spacial score (nSPS) is 25.0. The van der Waals surface area contributed by atoms with Crippen molar-refractivity contribution in [2.75, 3.05) is 14.2 Å². The summed E-state index contributed by atoms with van der Waals surface area (Å²) in [4.78, 5) is 14.0. The fourth-order valence-electron chi connectivity index (χ4n) is 3.06. The molecule has 0 aliphatic heterocycles. The van der Waals surface area contributed by atoms with Crippen molar-refractivity contribution < 1.29 is 19.0 Å². The van der Waals surface area contributed by atoms with E-state index < -0.39 is 6.10 Å². The second-order valence-electron chi connectivity index (χ2n) is 5.89. The molecule has 1 aliphatic carbocycles. The first-order valence-corrected chi connectivity index (χ1v) is 7.74. The Labute approximate surface area is 130 Å². The Balaban J connectivity index is 1.89. The molecule has 3 atom stereocenters. The molecule has 1 aromatic carbocycles. The van der Waals surface area contributed by atoms with Crippen molar-refractivity contribution in [3.05, 3.63) is 35.6 Å². The highest BCUT2D eigenvalue weighted by molar-refractivity contribution is 5.76.